The van der Waals surface area contributed by atoms with Crippen molar-refractivity contribution in [1.29, 1.82) is 0 Å². The van der Waals surface area contributed by atoms with Crippen molar-refractivity contribution in [3.8, 4) is 28.4 Å². The van der Waals surface area contributed by atoms with Crippen LogP contribution in [0.3, 0.4) is 0 Å². The lowest BCUT2D eigenvalue weighted by molar-refractivity contribution is 0.261. The van der Waals surface area contributed by atoms with Crippen molar-refractivity contribution >= 4 is 10.8 Å². The molecule has 0 heterocycles. The van der Waals surface area contributed by atoms with Crippen LogP contribution in [0.2, 0.25) is 0 Å². The van der Waals surface area contributed by atoms with Crippen LogP contribution in [0.4, 0.5) is 0 Å². The van der Waals surface area contributed by atoms with E-state index in [2.05, 4.69) is 4.90 Å². The van der Waals surface area contributed by atoms with Crippen LogP contribution in [0.5, 0.6) is 17.2 Å². The highest BCUT2D eigenvalue weighted by Crippen LogP contribution is 2.38. The molecule has 0 fully saturated rings. The minimum Gasteiger partial charge on any atom is -0.507 e. The Hall–Kier alpha value is -2.72. The smallest absolute Gasteiger partial charge is 0.124 e. The first-order valence-corrected chi connectivity index (χ1v) is 8.26. The highest BCUT2D eigenvalue weighted by Gasteiger charge is 2.10. The van der Waals surface area contributed by atoms with Crippen LogP contribution in [0.1, 0.15) is 0 Å². The Morgan fingerprint density at radius 3 is 2.32 bits per heavy atom. The summed E-state index contributed by atoms with van der Waals surface area (Å²) >= 11 is 0. The molecule has 130 valence electrons. The van der Waals surface area contributed by atoms with E-state index in [1.807, 2.05) is 62.6 Å². The Morgan fingerprint density at radius 2 is 1.64 bits per heavy atom. The Morgan fingerprint density at radius 1 is 0.920 bits per heavy atom. The molecule has 0 saturated heterocycles. The lowest BCUT2D eigenvalue weighted by Gasteiger charge is -2.13. The average molecular weight is 337 g/mol. The molecular weight excluding hydrogens is 314 g/mol. The summed E-state index contributed by atoms with van der Waals surface area (Å²) in [4.78, 5) is 2.08. The molecule has 0 aliphatic carbocycles. The van der Waals surface area contributed by atoms with Crippen molar-refractivity contribution in [2.75, 3.05) is 34.4 Å². The molecule has 3 aromatic carbocycles. The van der Waals surface area contributed by atoms with Gasteiger partial charge in [-0.05, 0) is 66.8 Å². The molecule has 4 nitrogen and oxygen atoms in total. The molecule has 3 aromatic rings. The number of rotatable bonds is 6. The van der Waals surface area contributed by atoms with Gasteiger partial charge in [0.15, 0.2) is 0 Å². The first-order chi connectivity index (χ1) is 12.1. The predicted molar refractivity (Wildman–Crippen MR) is 102 cm³/mol. The van der Waals surface area contributed by atoms with E-state index in [1.165, 1.54) is 0 Å². The second kappa shape index (κ2) is 7.45. The van der Waals surface area contributed by atoms with Crippen LogP contribution >= 0.6 is 0 Å². The third kappa shape index (κ3) is 3.86. The molecule has 0 aliphatic rings. The van der Waals surface area contributed by atoms with E-state index in [1.54, 1.807) is 13.2 Å². The second-order valence-corrected chi connectivity index (χ2v) is 6.22. The summed E-state index contributed by atoms with van der Waals surface area (Å²) in [6, 6.07) is 17.3. The number of phenols is 1. The maximum atomic E-state index is 10.4. The first kappa shape index (κ1) is 17.1. The van der Waals surface area contributed by atoms with Crippen LogP contribution < -0.4 is 9.47 Å². The van der Waals surface area contributed by atoms with Crippen molar-refractivity contribution in [1.82, 2.24) is 4.90 Å². The number of fused-ring (bicyclic) bond motifs is 1. The second-order valence-electron chi connectivity index (χ2n) is 6.22. The summed E-state index contributed by atoms with van der Waals surface area (Å²) in [5.41, 5.74) is 1.77. The number of hydrogen-bond acceptors (Lipinski definition) is 4. The van der Waals surface area contributed by atoms with Gasteiger partial charge in [0.2, 0.25) is 0 Å². The summed E-state index contributed by atoms with van der Waals surface area (Å²) < 4.78 is 11.0. The van der Waals surface area contributed by atoms with Crippen LogP contribution in [0.15, 0.2) is 54.6 Å². The van der Waals surface area contributed by atoms with Gasteiger partial charge in [0.1, 0.15) is 23.9 Å². The zero-order chi connectivity index (χ0) is 17.8. The van der Waals surface area contributed by atoms with Crippen LogP contribution in [-0.4, -0.2) is 44.4 Å². The summed E-state index contributed by atoms with van der Waals surface area (Å²) in [5, 5.41) is 12.4. The summed E-state index contributed by atoms with van der Waals surface area (Å²) in [7, 11) is 5.69. The fourth-order valence-electron chi connectivity index (χ4n) is 2.79. The molecule has 0 aliphatic heterocycles. The third-order valence-electron chi connectivity index (χ3n) is 4.16. The van der Waals surface area contributed by atoms with E-state index in [0.29, 0.717) is 6.61 Å². The van der Waals surface area contributed by atoms with Crippen molar-refractivity contribution in [2.45, 2.75) is 0 Å². The number of hydrogen-bond donors (Lipinski definition) is 1. The van der Waals surface area contributed by atoms with Crippen molar-refractivity contribution in [3.05, 3.63) is 54.6 Å². The van der Waals surface area contributed by atoms with Gasteiger partial charge in [-0.25, -0.2) is 0 Å². The number of benzene rings is 3. The van der Waals surface area contributed by atoms with Gasteiger partial charge in [0, 0.05) is 12.1 Å². The van der Waals surface area contributed by atoms with Crippen molar-refractivity contribution < 1.29 is 14.6 Å². The molecule has 0 radical (unpaired) electrons. The Kier molecular flexibility index (Phi) is 5.10. The maximum Gasteiger partial charge on any atom is 0.124 e. The lowest BCUT2D eigenvalue weighted by atomic mass is 9.97. The molecule has 4 heteroatoms. The highest BCUT2D eigenvalue weighted by atomic mass is 16.5. The van der Waals surface area contributed by atoms with Crippen LogP contribution in [0.25, 0.3) is 21.9 Å². The van der Waals surface area contributed by atoms with Crippen molar-refractivity contribution in [2.24, 2.45) is 0 Å². The van der Waals surface area contributed by atoms with Crippen LogP contribution in [0, 0.1) is 0 Å². The number of nitrogens with zero attached hydrogens (tertiary/aromatic N) is 1. The molecular formula is C21H23NO3. The van der Waals surface area contributed by atoms with E-state index in [0.717, 1.165) is 39.9 Å². The van der Waals surface area contributed by atoms with Gasteiger partial charge < -0.3 is 19.5 Å². The molecule has 0 unspecified atom stereocenters. The number of methoxy groups -OCH3 is 1. The zero-order valence-corrected chi connectivity index (χ0v) is 14.8. The fourth-order valence-corrected chi connectivity index (χ4v) is 2.79. The Bertz CT molecular complexity index is 857. The van der Waals surface area contributed by atoms with E-state index in [9.17, 15) is 5.11 Å². The lowest BCUT2D eigenvalue weighted by Crippen LogP contribution is -2.19. The number of likely N-dealkylation sites (N-methyl/N-ethyl adjacent to an activating group) is 1. The van der Waals surface area contributed by atoms with E-state index >= 15 is 0 Å². The largest absolute Gasteiger partial charge is 0.507 e. The van der Waals surface area contributed by atoms with Gasteiger partial charge in [0.05, 0.1) is 7.11 Å². The van der Waals surface area contributed by atoms with Gasteiger partial charge in [-0.2, -0.15) is 0 Å². The monoisotopic (exact) mass is 337 g/mol. The van der Waals surface area contributed by atoms with Gasteiger partial charge >= 0.3 is 0 Å². The van der Waals surface area contributed by atoms with Gasteiger partial charge in [-0.15, -0.1) is 0 Å². The predicted octanol–water partition coefficient (Wildman–Crippen LogP) is 4.16. The SMILES string of the molecule is COc1ccc2c(-c3ccc(OCCN(C)C)cc3)c(O)ccc2c1. The normalized spacial score (nSPS) is 11.0. The molecule has 0 amide bonds. The van der Waals surface area contributed by atoms with Gasteiger partial charge in [-0.1, -0.05) is 18.2 Å². The number of ether oxygens (including phenoxy) is 2. The Balaban J connectivity index is 1.92. The average Bonchev–Trinajstić information content (AvgIpc) is 2.62. The maximum absolute atomic E-state index is 10.4. The summed E-state index contributed by atoms with van der Waals surface area (Å²) in [6.45, 7) is 1.51. The number of aromatic hydroxyl groups is 1. The van der Waals surface area contributed by atoms with E-state index in [-0.39, 0.29) is 5.75 Å². The van der Waals surface area contributed by atoms with Crippen molar-refractivity contribution in [3.63, 3.8) is 0 Å². The number of phenolic OH excluding ortho intramolecular Hbond substituents is 1. The zero-order valence-electron chi connectivity index (χ0n) is 14.8. The molecule has 1 N–H and O–H groups in total. The topological polar surface area (TPSA) is 41.9 Å². The molecule has 0 aromatic heterocycles. The molecule has 0 spiro atoms. The molecule has 3 rings (SSSR count). The third-order valence-corrected chi connectivity index (χ3v) is 4.16. The molecule has 0 bridgehead atoms. The fraction of sp³-hybridized carbons (Fsp3) is 0.238. The minimum absolute atomic E-state index is 0.263. The minimum atomic E-state index is 0.263. The summed E-state index contributed by atoms with van der Waals surface area (Å²) in [5.74, 6) is 1.89. The highest BCUT2D eigenvalue weighted by molar-refractivity contribution is 6.00. The van der Waals surface area contributed by atoms with Gasteiger partial charge in [0.25, 0.3) is 0 Å². The molecule has 0 saturated carbocycles. The van der Waals surface area contributed by atoms with Gasteiger partial charge in [-0.3, -0.25) is 0 Å². The van der Waals surface area contributed by atoms with Crippen LogP contribution in [-0.2, 0) is 0 Å². The summed E-state index contributed by atoms with van der Waals surface area (Å²) in [6.07, 6.45) is 0. The standard InChI is InChI=1S/C21H23NO3/c1-22(2)12-13-25-17-7-4-15(5-8-17)21-19-10-9-18(24-3)14-16(19)6-11-20(21)23/h4-11,14,23H,12-13H2,1-3H3. The molecule has 25 heavy (non-hydrogen) atoms. The molecule has 0 atom stereocenters. The quantitative estimate of drug-likeness (QED) is 0.733. The first-order valence-electron chi connectivity index (χ1n) is 8.26. The Labute approximate surface area is 148 Å². The van der Waals surface area contributed by atoms with E-state index < -0.39 is 0 Å². The van der Waals surface area contributed by atoms with E-state index in [4.69, 9.17) is 9.47 Å².